The summed E-state index contributed by atoms with van der Waals surface area (Å²) in [6.45, 7) is 11.1. The van der Waals surface area contributed by atoms with Crippen LogP contribution in [0.15, 0.2) is 11.8 Å². The van der Waals surface area contributed by atoms with Crippen molar-refractivity contribution in [3.05, 3.63) is 11.8 Å². The number of rotatable bonds is 5. The van der Waals surface area contributed by atoms with Gasteiger partial charge in [-0.2, -0.15) is 0 Å². The van der Waals surface area contributed by atoms with Crippen LogP contribution in [-0.4, -0.2) is 65.9 Å². The predicted molar refractivity (Wildman–Crippen MR) is 89.6 cm³/mol. The van der Waals surface area contributed by atoms with Gasteiger partial charge in [0.25, 0.3) is 0 Å². The Labute approximate surface area is 143 Å². The van der Waals surface area contributed by atoms with Crippen LogP contribution in [0.25, 0.3) is 0 Å². The third kappa shape index (κ3) is 5.84. The molecule has 0 aromatic carbocycles. The maximum absolute atomic E-state index is 12.3. The van der Waals surface area contributed by atoms with Gasteiger partial charge in [0.1, 0.15) is 0 Å². The van der Waals surface area contributed by atoms with E-state index >= 15 is 0 Å². The summed E-state index contributed by atoms with van der Waals surface area (Å²) < 4.78 is 5.14. The molecule has 1 fully saturated rings. The van der Waals surface area contributed by atoms with Crippen LogP contribution >= 0.6 is 0 Å². The lowest BCUT2D eigenvalue weighted by Gasteiger charge is -2.30. The minimum atomic E-state index is -0.762. The summed E-state index contributed by atoms with van der Waals surface area (Å²) >= 11 is 0. The molecule has 24 heavy (non-hydrogen) atoms. The lowest BCUT2D eigenvalue weighted by molar-refractivity contribution is -0.148. The van der Waals surface area contributed by atoms with Crippen LogP contribution in [0.4, 0.5) is 0 Å². The summed E-state index contributed by atoms with van der Waals surface area (Å²) in [4.78, 5) is 39.2. The summed E-state index contributed by atoms with van der Waals surface area (Å²) in [7, 11) is 0. The highest BCUT2D eigenvalue weighted by molar-refractivity contribution is 6.34. The largest absolute Gasteiger partial charge is 0.378 e. The molecule has 1 heterocycles. The molecule has 0 aliphatic carbocycles. The van der Waals surface area contributed by atoms with Crippen LogP contribution in [0.1, 0.15) is 34.6 Å². The molecule has 1 aliphatic rings. The molecular weight excluding hydrogens is 312 g/mol. The van der Waals surface area contributed by atoms with Crippen LogP contribution in [0.5, 0.6) is 0 Å². The van der Waals surface area contributed by atoms with Gasteiger partial charge >= 0.3 is 11.8 Å². The quantitative estimate of drug-likeness (QED) is 0.418. The van der Waals surface area contributed by atoms with E-state index in [-0.39, 0.29) is 18.0 Å². The van der Waals surface area contributed by atoms with Crippen LogP contribution in [0.3, 0.4) is 0 Å². The number of hydrogen-bond donors (Lipinski definition) is 2. The Morgan fingerprint density at radius 3 is 2.08 bits per heavy atom. The van der Waals surface area contributed by atoms with Gasteiger partial charge in [-0.3, -0.25) is 19.8 Å². The third-order valence-electron chi connectivity index (χ3n) is 3.57. The molecule has 1 aliphatic heterocycles. The number of allylic oxidation sites excluding steroid dienone is 1. The summed E-state index contributed by atoms with van der Waals surface area (Å²) in [5.74, 6) is -1.53. The molecule has 0 spiro atoms. The molecule has 8 heteroatoms. The second-order valence-corrected chi connectivity index (χ2v) is 6.24. The maximum atomic E-state index is 12.3. The van der Waals surface area contributed by atoms with Crippen molar-refractivity contribution in [3.63, 3.8) is 0 Å². The zero-order valence-corrected chi connectivity index (χ0v) is 15.1. The van der Waals surface area contributed by atoms with Gasteiger partial charge in [0.05, 0.1) is 13.2 Å². The van der Waals surface area contributed by atoms with Crippen molar-refractivity contribution < 1.29 is 19.1 Å². The van der Waals surface area contributed by atoms with Crippen LogP contribution in [-0.2, 0) is 19.1 Å². The van der Waals surface area contributed by atoms with E-state index in [9.17, 15) is 14.4 Å². The maximum Gasteiger partial charge on any atom is 0.327 e. The Morgan fingerprint density at radius 2 is 1.58 bits per heavy atom. The first-order valence-corrected chi connectivity index (χ1v) is 8.17. The van der Waals surface area contributed by atoms with Crippen LogP contribution in [0, 0.1) is 0 Å². The number of nitrogens with one attached hydrogen (secondary N) is 2. The summed E-state index contributed by atoms with van der Waals surface area (Å²) in [6.07, 6.45) is 1.40. The first-order chi connectivity index (χ1) is 11.2. The Morgan fingerprint density at radius 1 is 1.04 bits per heavy atom. The number of ether oxygens (including phenoxy) is 1. The van der Waals surface area contributed by atoms with Gasteiger partial charge in [0, 0.05) is 36.9 Å². The third-order valence-corrected chi connectivity index (χ3v) is 3.57. The van der Waals surface area contributed by atoms with Crippen molar-refractivity contribution in [2.24, 2.45) is 0 Å². The van der Waals surface area contributed by atoms with Crippen molar-refractivity contribution in [2.75, 3.05) is 26.3 Å². The molecule has 0 bridgehead atoms. The normalized spacial score (nSPS) is 15.5. The van der Waals surface area contributed by atoms with Gasteiger partial charge in [-0.05, 0) is 34.6 Å². The molecule has 0 radical (unpaired) electrons. The molecule has 0 atom stereocenters. The standard InChI is InChI=1S/C16H28N4O4/c1-11(2)20(12(3)4)14(21)10-13(5)17-18-15(22)16(23)19-6-8-24-9-7-19/h10-12,17H,6-9H2,1-5H3,(H,18,22). The summed E-state index contributed by atoms with van der Waals surface area (Å²) in [5, 5.41) is 0. The van der Waals surface area contributed by atoms with E-state index in [4.69, 9.17) is 4.74 Å². The SMILES string of the molecule is CC(=CC(=O)N(C(C)C)C(C)C)NNC(=O)C(=O)N1CCOCC1. The first-order valence-electron chi connectivity index (χ1n) is 8.17. The molecule has 0 aromatic rings. The Hall–Kier alpha value is -2.09. The zero-order valence-electron chi connectivity index (χ0n) is 15.1. The topological polar surface area (TPSA) is 91.0 Å². The van der Waals surface area contributed by atoms with E-state index in [1.165, 1.54) is 11.0 Å². The van der Waals surface area contributed by atoms with E-state index < -0.39 is 11.8 Å². The fourth-order valence-electron chi connectivity index (χ4n) is 2.52. The molecule has 136 valence electrons. The summed E-state index contributed by atoms with van der Waals surface area (Å²) in [6, 6.07) is 0.137. The minimum absolute atomic E-state index is 0.0686. The molecule has 2 N–H and O–H groups in total. The van der Waals surface area contributed by atoms with Crippen molar-refractivity contribution in [1.82, 2.24) is 20.7 Å². The van der Waals surface area contributed by atoms with E-state index in [2.05, 4.69) is 10.9 Å². The minimum Gasteiger partial charge on any atom is -0.378 e. The summed E-state index contributed by atoms with van der Waals surface area (Å²) in [5.41, 5.74) is 5.38. The highest BCUT2D eigenvalue weighted by Crippen LogP contribution is 2.07. The van der Waals surface area contributed by atoms with Crippen molar-refractivity contribution in [1.29, 1.82) is 0 Å². The van der Waals surface area contributed by atoms with Gasteiger partial charge in [-0.1, -0.05) is 0 Å². The number of morpholine rings is 1. The number of nitrogens with zero attached hydrogens (tertiary/aromatic N) is 2. The second kappa shape index (κ2) is 9.27. The Bertz CT molecular complexity index is 488. The second-order valence-electron chi connectivity index (χ2n) is 6.24. The number of amides is 3. The smallest absolute Gasteiger partial charge is 0.327 e. The lowest BCUT2D eigenvalue weighted by Crippen LogP contribution is -2.50. The molecule has 0 unspecified atom stereocenters. The van der Waals surface area contributed by atoms with Gasteiger partial charge in [-0.15, -0.1) is 0 Å². The lowest BCUT2D eigenvalue weighted by atomic mass is 10.2. The highest BCUT2D eigenvalue weighted by atomic mass is 16.5. The molecule has 1 rings (SSSR count). The molecule has 0 saturated carbocycles. The average molecular weight is 340 g/mol. The van der Waals surface area contributed by atoms with Gasteiger partial charge < -0.3 is 20.0 Å². The van der Waals surface area contributed by atoms with E-state index in [1.54, 1.807) is 11.8 Å². The highest BCUT2D eigenvalue weighted by Gasteiger charge is 2.23. The Balaban J connectivity index is 2.54. The van der Waals surface area contributed by atoms with E-state index in [0.29, 0.717) is 32.0 Å². The van der Waals surface area contributed by atoms with Gasteiger partial charge in [0.2, 0.25) is 5.91 Å². The van der Waals surface area contributed by atoms with E-state index in [0.717, 1.165) is 0 Å². The monoisotopic (exact) mass is 340 g/mol. The van der Waals surface area contributed by atoms with Crippen molar-refractivity contribution >= 4 is 17.7 Å². The fraction of sp³-hybridized carbons (Fsp3) is 0.688. The predicted octanol–water partition coefficient (Wildman–Crippen LogP) is 0.0152. The molecule has 0 aromatic heterocycles. The Kier molecular flexibility index (Phi) is 7.70. The molecule has 1 saturated heterocycles. The van der Waals surface area contributed by atoms with Crippen molar-refractivity contribution in [2.45, 2.75) is 46.7 Å². The number of carbonyl (C=O) groups excluding carboxylic acids is 3. The average Bonchev–Trinajstić information content (AvgIpc) is 2.51. The van der Waals surface area contributed by atoms with Crippen LogP contribution in [0.2, 0.25) is 0 Å². The fourth-order valence-corrected chi connectivity index (χ4v) is 2.52. The molecule has 8 nitrogen and oxygen atoms in total. The number of hydrogen-bond acceptors (Lipinski definition) is 5. The van der Waals surface area contributed by atoms with Gasteiger partial charge in [-0.25, -0.2) is 0 Å². The van der Waals surface area contributed by atoms with E-state index in [1.807, 2.05) is 27.7 Å². The number of carbonyl (C=O) groups is 3. The number of hydrazine groups is 1. The van der Waals surface area contributed by atoms with Crippen LogP contribution < -0.4 is 10.9 Å². The zero-order chi connectivity index (χ0) is 18.3. The van der Waals surface area contributed by atoms with Crippen molar-refractivity contribution in [3.8, 4) is 0 Å². The molecule has 3 amide bonds. The van der Waals surface area contributed by atoms with Gasteiger partial charge in [0.15, 0.2) is 0 Å². The first kappa shape index (κ1) is 20.0. The molecular formula is C16H28N4O4.